The lowest BCUT2D eigenvalue weighted by Gasteiger charge is -1.98. The van der Waals surface area contributed by atoms with E-state index in [0.717, 1.165) is 0 Å². The van der Waals surface area contributed by atoms with Crippen LogP contribution in [0.3, 0.4) is 0 Å². The van der Waals surface area contributed by atoms with Crippen LogP contribution >= 0.6 is 0 Å². The SMILES string of the molecule is NCC(=O)c1cccc(N=CNN)c1. The van der Waals surface area contributed by atoms with Crippen LogP contribution in [0.15, 0.2) is 29.3 Å². The van der Waals surface area contributed by atoms with Crippen LogP contribution in [0.25, 0.3) is 0 Å². The van der Waals surface area contributed by atoms with E-state index in [9.17, 15) is 4.79 Å². The number of aliphatic imine (C=N–C) groups is 1. The van der Waals surface area contributed by atoms with Gasteiger partial charge in [0.1, 0.15) is 6.34 Å². The molecule has 0 aliphatic heterocycles. The zero-order valence-electron chi connectivity index (χ0n) is 7.60. The minimum Gasteiger partial charge on any atom is -0.324 e. The van der Waals surface area contributed by atoms with Crippen molar-refractivity contribution in [2.75, 3.05) is 6.54 Å². The summed E-state index contributed by atoms with van der Waals surface area (Å²) in [5.74, 6) is 4.91. The number of hydrogen-bond donors (Lipinski definition) is 3. The van der Waals surface area contributed by atoms with Crippen molar-refractivity contribution in [2.24, 2.45) is 16.6 Å². The maximum Gasteiger partial charge on any atom is 0.176 e. The third-order valence-electron chi connectivity index (χ3n) is 1.64. The Hall–Kier alpha value is -1.72. The van der Waals surface area contributed by atoms with E-state index in [1.807, 2.05) is 0 Å². The van der Waals surface area contributed by atoms with Crippen LogP contribution in [-0.2, 0) is 0 Å². The summed E-state index contributed by atoms with van der Waals surface area (Å²) in [5, 5.41) is 0. The highest BCUT2D eigenvalue weighted by molar-refractivity contribution is 5.98. The van der Waals surface area contributed by atoms with Gasteiger partial charge < -0.3 is 11.2 Å². The van der Waals surface area contributed by atoms with Gasteiger partial charge in [-0.2, -0.15) is 0 Å². The molecule has 5 N–H and O–H groups in total. The first-order chi connectivity index (χ1) is 6.77. The lowest BCUT2D eigenvalue weighted by molar-refractivity contribution is 0.100. The zero-order chi connectivity index (χ0) is 10.4. The Bertz CT molecular complexity index is 348. The van der Waals surface area contributed by atoms with Gasteiger partial charge in [0.15, 0.2) is 5.78 Å². The van der Waals surface area contributed by atoms with Gasteiger partial charge in [0, 0.05) is 5.56 Å². The predicted molar refractivity (Wildman–Crippen MR) is 55.3 cm³/mol. The van der Waals surface area contributed by atoms with Crippen LogP contribution in [0.1, 0.15) is 10.4 Å². The van der Waals surface area contributed by atoms with Crippen LogP contribution in [0, 0.1) is 0 Å². The summed E-state index contributed by atoms with van der Waals surface area (Å²) in [6, 6.07) is 6.86. The molecular formula is C9H12N4O. The first-order valence-electron chi connectivity index (χ1n) is 4.10. The molecule has 5 nitrogen and oxygen atoms in total. The van der Waals surface area contributed by atoms with E-state index in [4.69, 9.17) is 11.6 Å². The average molecular weight is 192 g/mol. The number of carbonyl (C=O) groups excluding carboxylic acids is 1. The Morgan fingerprint density at radius 2 is 2.36 bits per heavy atom. The van der Waals surface area contributed by atoms with Crippen LogP contribution in [0.5, 0.6) is 0 Å². The number of ketones is 1. The largest absolute Gasteiger partial charge is 0.324 e. The molecule has 0 radical (unpaired) electrons. The number of nitrogens with zero attached hydrogens (tertiary/aromatic N) is 1. The van der Waals surface area contributed by atoms with E-state index in [2.05, 4.69) is 10.4 Å². The molecule has 5 heteroatoms. The minimum atomic E-state index is -0.109. The summed E-state index contributed by atoms with van der Waals surface area (Å²) >= 11 is 0. The number of nitrogens with one attached hydrogen (secondary N) is 1. The molecule has 14 heavy (non-hydrogen) atoms. The van der Waals surface area contributed by atoms with Crippen molar-refractivity contribution in [2.45, 2.75) is 0 Å². The Balaban J connectivity index is 2.89. The number of hydrogen-bond acceptors (Lipinski definition) is 4. The highest BCUT2D eigenvalue weighted by atomic mass is 16.1. The normalized spacial score (nSPS) is 10.4. The maximum absolute atomic E-state index is 11.2. The van der Waals surface area contributed by atoms with Gasteiger partial charge in [-0.1, -0.05) is 12.1 Å². The van der Waals surface area contributed by atoms with Crippen molar-refractivity contribution < 1.29 is 4.79 Å². The number of Topliss-reactive ketones (excluding diaryl/α,β-unsaturated/α-hetero) is 1. The summed E-state index contributed by atoms with van der Waals surface area (Å²) in [7, 11) is 0. The Kier molecular flexibility index (Phi) is 3.78. The second kappa shape index (κ2) is 5.11. The van der Waals surface area contributed by atoms with E-state index in [1.165, 1.54) is 6.34 Å². The number of carbonyl (C=O) groups is 1. The van der Waals surface area contributed by atoms with E-state index >= 15 is 0 Å². The molecule has 0 aliphatic carbocycles. The van der Waals surface area contributed by atoms with Gasteiger partial charge in [-0.25, -0.2) is 10.8 Å². The molecule has 0 saturated heterocycles. The standard InChI is InChI=1S/C9H12N4O/c10-5-9(14)7-2-1-3-8(4-7)12-6-13-11/h1-4,6H,5,10-11H2,(H,12,13). The highest BCUT2D eigenvalue weighted by Gasteiger charge is 2.02. The molecule has 0 fully saturated rings. The van der Waals surface area contributed by atoms with Crippen molar-refractivity contribution in [3.8, 4) is 0 Å². The number of rotatable bonds is 4. The van der Waals surface area contributed by atoms with E-state index in [0.29, 0.717) is 11.3 Å². The molecule has 0 heterocycles. The minimum absolute atomic E-state index is 0.00229. The summed E-state index contributed by atoms with van der Waals surface area (Å²) in [4.78, 5) is 15.2. The van der Waals surface area contributed by atoms with Crippen LogP contribution in [0.4, 0.5) is 5.69 Å². The third kappa shape index (κ3) is 2.65. The molecule has 1 rings (SSSR count). The highest BCUT2D eigenvalue weighted by Crippen LogP contribution is 2.13. The van der Waals surface area contributed by atoms with Gasteiger partial charge in [0.25, 0.3) is 0 Å². The zero-order valence-corrected chi connectivity index (χ0v) is 7.60. The van der Waals surface area contributed by atoms with Crippen molar-refractivity contribution in [1.29, 1.82) is 0 Å². The first-order valence-corrected chi connectivity index (χ1v) is 4.10. The summed E-state index contributed by atoms with van der Waals surface area (Å²) in [6.07, 6.45) is 1.34. The third-order valence-corrected chi connectivity index (χ3v) is 1.64. The van der Waals surface area contributed by atoms with E-state index in [1.54, 1.807) is 24.3 Å². The molecule has 0 aliphatic rings. The van der Waals surface area contributed by atoms with Gasteiger partial charge in [-0.05, 0) is 12.1 Å². The molecule has 1 aromatic carbocycles. The van der Waals surface area contributed by atoms with Crippen LogP contribution < -0.4 is 17.0 Å². The molecule has 0 spiro atoms. The predicted octanol–water partition coefficient (Wildman–Crippen LogP) is -0.0489. The van der Waals surface area contributed by atoms with Crippen molar-refractivity contribution >= 4 is 17.8 Å². The Labute approximate surface area is 81.8 Å². The molecule has 1 aromatic rings. The van der Waals surface area contributed by atoms with Crippen molar-refractivity contribution in [1.82, 2.24) is 5.43 Å². The quantitative estimate of drug-likeness (QED) is 0.205. The fourth-order valence-corrected chi connectivity index (χ4v) is 0.989. The summed E-state index contributed by atoms with van der Waals surface area (Å²) in [6.45, 7) is 0.00229. The molecule has 0 amide bonds. The first kappa shape index (κ1) is 10.4. The number of hydrazine groups is 1. The Morgan fingerprint density at radius 3 is 3.00 bits per heavy atom. The lowest BCUT2D eigenvalue weighted by Crippen LogP contribution is -2.18. The van der Waals surface area contributed by atoms with Crippen molar-refractivity contribution in [3.05, 3.63) is 29.8 Å². The maximum atomic E-state index is 11.2. The molecule has 0 aromatic heterocycles. The summed E-state index contributed by atoms with van der Waals surface area (Å²) < 4.78 is 0. The fourth-order valence-electron chi connectivity index (χ4n) is 0.989. The van der Waals surface area contributed by atoms with Gasteiger partial charge in [0.2, 0.25) is 0 Å². The lowest BCUT2D eigenvalue weighted by atomic mass is 10.1. The monoisotopic (exact) mass is 192 g/mol. The topological polar surface area (TPSA) is 93.5 Å². The van der Waals surface area contributed by atoms with E-state index < -0.39 is 0 Å². The van der Waals surface area contributed by atoms with E-state index in [-0.39, 0.29) is 12.3 Å². The van der Waals surface area contributed by atoms with Crippen LogP contribution in [-0.4, -0.2) is 18.7 Å². The van der Waals surface area contributed by atoms with Gasteiger partial charge in [-0.15, -0.1) is 0 Å². The smallest absolute Gasteiger partial charge is 0.176 e. The molecule has 0 bridgehead atoms. The number of benzene rings is 1. The average Bonchev–Trinajstić information content (AvgIpc) is 2.25. The van der Waals surface area contributed by atoms with Crippen molar-refractivity contribution in [3.63, 3.8) is 0 Å². The molecule has 0 unspecified atom stereocenters. The number of nitrogens with two attached hydrogens (primary N) is 2. The van der Waals surface area contributed by atoms with Gasteiger partial charge >= 0.3 is 0 Å². The molecule has 0 saturated carbocycles. The molecule has 74 valence electrons. The van der Waals surface area contributed by atoms with Crippen LogP contribution in [0.2, 0.25) is 0 Å². The molecule has 0 atom stereocenters. The summed E-state index contributed by atoms with van der Waals surface area (Å²) in [5.41, 5.74) is 8.72. The van der Waals surface area contributed by atoms with Gasteiger partial charge in [0.05, 0.1) is 12.2 Å². The second-order valence-electron chi connectivity index (χ2n) is 2.60. The molecular weight excluding hydrogens is 180 g/mol. The van der Waals surface area contributed by atoms with Gasteiger partial charge in [-0.3, -0.25) is 4.79 Å². The Morgan fingerprint density at radius 1 is 1.57 bits per heavy atom. The fraction of sp³-hybridized carbons (Fsp3) is 0.111. The second-order valence-corrected chi connectivity index (χ2v) is 2.60.